The summed E-state index contributed by atoms with van der Waals surface area (Å²) in [6.45, 7) is 22.2. The van der Waals surface area contributed by atoms with Crippen molar-refractivity contribution < 1.29 is 0 Å². The van der Waals surface area contributed by atoms with E-state index >= 15 is 0 Å². The summed E-state index contributed by atoms with van der Waals surface area (Å²) in [5, 5.41) is 0. The molecule has 1 aliphatic heterocycles. The molecule has 2 nitrogen and oxygen atoms in total. The van der Waals surface area contributed by atoms with Gasteiger partial charge in [-0.15, -0.1) is 0 Å². The van der Waals surface area contributed by atoms with Crippen LogP contribution in [-0.4, -0.2) is 36.0 Å². The molecule has 0 radical (unpaired) electrons. The number of hydrogen-bond donors (Lipinski definition) is 0. The second-order valence-corrected chi connectivity index (χ2v) is 9.61. The molecule has 0 aromatic heterocycles. The normalized spacial score (nSPS) is 21.0. The molecule has 2 aliphatic rings. The van der Waals surface area contributed by atoms with E-state index in [2.05, 4.69) is 68.9 Å². The van der Waals surface area contributed by atoms with Gasteiger partial charge in [-0.3, -0.25) is 4.90 Å². The predicted molar refractivity (Wildman–Crippen MR) is 118 cm³/mol. The van der Waals surface area contributed by atoms with Crippen LogP contribution in [0.1, 0.15) is 76.1 Å². The van der Waals surface area contributed by atoms with Crippen molar-refractivity contribution in [3.8, 4) is 0 Å². The molecule has 1 atom stereocenters. The SMILES string of the molecule is C=C(CC)c1ccc2c(c1)CCCC2N1CCN(C(=C)CC(C)(C)C)CC1. The zero-order valence-electron chi connectivity index (χ0n) is 18.0. The third-order valence-corrected chi connectivity index (χ3v) is 6.20. The molecular formula is C25H38N2. The Morgan fingerprint density at radius 2 is 1.81 bits per heavy atom. The number of rotatable bonds is 5. The molecule has 1 aliphatic carbocycles. The van der Waals surface area contributed by atoms with Crippen molar-refractivity contribution in [2.24, 2.45) is 5.41 Å². The summed E-state index contributed by atoms with van der Waals surface area (Å²) in [6, 6.07) is 7.69. The van der Waals surface area contributed by atoms with Gasteiger partial charge in [0.25, 0.3) is 0 Å². The molecule has 0 spiro atoms. The fraction of sp³-hybridized carbons (Fsp3) is 0.600. The lowest BCUT2D eigenvalue weighted by Gasteiger charge is -2.43. The van der Waals surface area contributed by atoms with E-state index < -0.39 is 0 Å². The van der Waals surface area contributed by atoms with Gasteiger partial charge in [-0.2, -0.15) is 0 Å². The van der Waals surface area contributed by atoms with Gasteiger partial charge in [0.15, 0.2) is 0 Å². The molecule has 1 fully saturated rings. The molecule has 1 saturated heterocycles. The highest BCUT2D eigenvalue weighted by atomic mass is 15.3. The Morgan fingerprint density at radius 1 is 1.11 bits per heavy atom. The Labute approximate surface area is 166 Å². The second-order valence-electron chi connectivity index (χ2n) is 9.61. The summed E-state index contributed by atoms with van der Waals surface area (Å²) in [4.78, 5) is 5.23. The number of allylic oxidation sites excluding steroid dienone is 2. The predicted octanol–water partition coefficient (Wildman–Crippen LogP) is 6.05. The molecule has 1 aromatic rings. The molecule has 0 N–H and O–H groups in total. The summed E-state index contributed by atoms with van der Waals surface area (Å²) in [7, 11) is 0. The van der Waals surface area contributed by atoms with Crippen LogP contribution in [0.15, 0.2) is 37.1 Å². The van der Waals surface area contributed by atoms with Crippen molar-refractivity contribution in [1.29, 1.82) is 0 Å². The number of aryl methyl sites for hydroxylation is 1. The molecular weight excluding hydrogens is 328 g/mol. The Bertz CT molecular complexity index is 687. The van der Waals surface area contributed by atoms with Crippen molar-refractivity contribution in [3.63, 3.8) is 0 Å². The molecule has 0 bridgehead atoms. The van der Waals surface area contributed by atoms with E-state index in [0.29, 0.717) is 11.5 Å². The smallest absolute Gasteiger partial charge is 0.0352 e. The largest absolute Gasteiger partial charge is 0.373 e. The van der Waals surface area contributed by atoms with Crippen molar-refractivity contribution in [2.45, 2.75) is 65.8 Å². The molecule has 0 saturated carbocycles. The quantitative estimate of drug-likeness (QED) is 0.625. The monoisotopic (exact) mass is 366 g/mol. The van der Waals surface area contributed by atoms with Gasteiger partial charge in [0.05, 0.1) is 0 Å². The molecule has 1 heterocycles. The Balaban J connectivity index is 1.66. The van der Waals surface area contributed by atoms with Crippen LogP contribution in [-0.2, 0) is 6.42 Å². The zero-order valence-corrected chi connectivity index (χ0v) is 18.0. The Morgan fingerprint density at radius 3 is 2.44 bits per heavy atom. The lowest BCUT2D eigenvalue weighted by molar-refractivity contribution is 0.101. The van der Waals surface area contributed by atoms with Gasteiger partial charge in [-0.1, -0.05) is 59.1 Å². The van der Waals surface area contributed by atoms with Crippen LogP contribution < -0.4 is 0 Å². The second kappa shape index (κ2) is 8.22. The summed E-state index contributed by atoms with van der Waals surface area (Å²) in [6.07, 6.45) is 5.94. The molecule has 1 aromatic carbocycles. The first-order valence-electron chi connectivity index (χ1n) is 10.8. The molecule has 0 amide bonds. The van der Waals surface area contributed by atoms with E-state index in [4.69, 9.17) is 0 Å². The van der Waals surface area contributed by atoms with E-state index in [-0.39, 0.29) is 0 Å². The Hall–Kier alpha value is -1.54. The van der Waals surface area contributed by atoms with Crippen molar-refractivity contribution >= 4 is 5.57 Å². The fourth-order valence-corrected chi connectivity index (χ4v) is 4.67. The van der Waals surface area contributed by atoms with Gasteiger partial charge in [0.2, 0.25) is 0 Å². The van der Waals surface area contributed by atoms with Gasteiger partial charge >= 0.3 is 0 Å². The first kappa shape index (κ1) is 20.2. The van der Waals surface area contributed by atoms with E-state index in [0.717, 1.165) is 39.0 Å². The van der Waals surface area contributed by atoms with Crippen molar-refractivity contribution in [2.75, 3.05) is 26.2 Å². The number of piperazine rings is 1. The minimum atomic E-state index is 0.316. The van der Waals surface area contributed by atoms with Crippen molar-refractivity contribution in [1.82, 2.24) is 9.80 Å². The maximum absolute atomic E-state index is 4.37. The van der Waals surface area contributed by atoms with Crippen LogP contribution in [0.2, 0.25) is 0 Å². The zero-order chi connectivity index (χ0) is 19.6. The van der Waals surface area contributed by atoms with Crippen LogP contribution in [0.5, 0.6) is 0 Å². The van der Waals surface area contributed by atoms with E-state index in [1.807, 2.05) is 0 Å². The number of benzene rings is 1. The van der Waals surface area contributed by atoms with Crippen LogP contribution in [0.25, 0.3) is 5.57 Å². The van der Waals surface area contributed by atoms with Gasteiger partial charge in [-0.25, -0.2) is 0 Å². The lowest BCUT2D eigenvalue weighted by Crippen LogP contribution is -2.47. The highest BCUT2D eigenvalue weighted by Crippen LogP contribution is 2.37. The van der Waals surface area contributed by atoms with E-state index in [1.165, 1.54) is 36.1 Å². The molecule has 1 unspecified atom stereocenters. The maximum Gasteiger partial charge on any atom is 0.0352 e. The van der Waals surface area contributed by atoms with Gasteiger partial charge in [0, 0.05) is 37.9 Å². The van der Waals surface area contributed by atoms with Crippen LogP contribution in [0.3, 0.4) is 0 Å². The molecule has 3 rings (SSSR count). The summed E-state index contributed by atoms with van der Waals surface area (Å²) < 4.78 is 0. The summed E-state index contributed by atoms with van der Waals surface area (Å²) >= 11 is 0. The number of nitrogens with zero attached hydrogens (tertiary/aromatic N) is 2. The average molecular weight is 367 g/mol. The Kier molecular flexibility index (Phi) is 6.15. The van der Waals surface area contributed by atoms with Crippen LogP contribution >= 0.6 is 0 Å². The minimum absolute atomic E-state index is 0.316. The van der Waals surface area contributed by atoms with E-state index in [9.17, 15) is 0 Å². The van der Waals surface area contributed by atoms with Gasteiger partial charge in [-0.05, 0) is 59.8 Å². The highest BCUT2D eigenvalue weighted by molar-refractivity contribution is 5.64. The average Bonchev–Trinajstić information content (AvgIpc) is 2.65. The first-order chi connectivity index (χ1) is 12.8. The summed E-state index contributed by atoms with van der Waals surface area (Å²) in [5.74, 6) is 0. The maximum atomic E-state index is 4.37. The third-order valence-electron chi connectivity index (χ3n) is 6.20. The molecule has 27 heavy (non-hydrogen) atoms. The minimum Gasteiger partial charge on any atom is -0.373 e. The molecule has 2 heteroatoms. The van der Waals surface area contributed by atoms with Crippen LogP contribution in [0.4, 0.5) is 0 Å². The first-order valence-corrected chi connectivity index (χ1v) is 10.8. The fourth-order valence-electron chi connectivity index (χ4n) is 4.67. The van der Waals surface area contributed by atoms with E-state index in [1.54, 1.807) is 11.1 Å². The number of hydrogen-bond acceptors (Lipinski definition) is 2. The standard InChI is InChI=1S/C25H38N2/c1-7-19(2)21-11-12-23-22(17-21)9-8-10-24(23)27-15-13-26(14-16-27)20(3)18-25(4,5)6/h11-12,17,24H,2-3,7-10,13-16,18H2,1,4-6H3. The summed E-state index contributed by atoms with van der Waals surface area (Å²) in [5.41, 5.74) is 7.34. The van der Waals surface area contributed by atoms with Gasteiger partial charge < -0.3 is 4.90 Å². The van der Waals surface area contributed by atoms with Crippen LogP contribution in [0, 0.1) is 5.41 Å². The highest BCUT2D eigenvalue weighted by Gasteiger charge is 2.29. The number of fused-ring (bicyclic) bond motifs is 1. The van der Waals surface area contributed by atoms with Gasteiger partial charge in [0.1, 0.15) is 0 Å². The third kappa shape index (κ3) is 4.85. The lowest BCUT2D eigenvalue weighted by atomic mass is 9.84. The molecule has 148 valence electrons. The van der Waals surface area contributed by atoms with Crippen molar-refractivity contribution in [3.05, 3.63) is 53.7 Å². The topological polar surface area (TPSA) is 6.48 Å².